The Hall–Kier alpha value is -2.65. The molecule has 9 heteroatoms. The molecule has 0 aliphatic carbocycles. The number of non-ortho nitro benzene ring substituents is 1. The Labute approximate surface area is 164 Å². The van der Waals surface area contributed by atoms with Crippen molar-refractivity contribution < 1.29 is 9.72 Å². The molecule has 0 radical (unpaired) electrons. The van der Waals surface area contributed by atoms with Gasteiger partial charge in [-0.1, -0.05) is 0 Å². The van der Waals surface area contributed by atoms with Gasteiger partial charge in [0, 0.05) is 35.0 Å². The van der Waals surface area contributed by atoms with E-state index in [2.05, 4.69) is 9.97 Å². The Kier molecular flexibility index (Phi) is 5.33. The SMILES string of the molecule is Cc1nc(C)c([C@@H](C)N(C)C(=O)c2csc(-c3ccc([N+](=O)[O-])cc3)n2)s1. The van der Waals surface area contributed by atoms with Crippen LogP contribution in [-0.2, 0) is 0 Å². The van der Waals surface area contributed by atoms with Gasteiger partial charge in [0.05, 0.1) is 21.7 Å². The summed E-state index contributed by atoms with van der Waals surface area (Å²) in [5, 5.41) is 14.1. The Morgan fingerprint density at radius 3 is 2.44 bits per heavy atom. The van der Waals surface area contributed by atoms with Crippen molar-refractivity contribution in [3.8, 4) is 10.6 Å². The minimum Gasteiger partial charge on any atom is -0.333 e. The number of nitrogens with zero attached hydrogens (tertiary/aromatic N) is 4. The molecule has 3 aromatic rings. The first-order chi connectivity index (χ1) is 12.8. The maximum atomic E-state index is 12.8. The molecule has 0 spiro atoms. The van der Waals surface area contributed by atoms with Gasteiger partial charge in [-0.15, -0.1) is 22.7 Å². The van der Waals surface area contributed by atoms with Gasteiger partial charge in [0.1, 0.15) is 10.7 Å². The topological polar surface area (TPSA) is 89.2 Å². The van der Waals surface area contributed by atoms with E-state index in [-0.39, 0.29) is 17.6 Å². The summed E-state index contributed by atoms with van der Waals surface area (Å²) in [6.07, 6.45) is 0. The fourth-order valence-electron chi connectivity index (χ4n) is 2.70. The number of nitro groups is 1. The molecule has 0 N–H and O–H groups in total. The summed E-state index contributed by atoms with van der Waals surface area (Å²) in [6, 6.07) is 6.04. The van der Waals surface area contributed by atoms with Crippen LogP contribution in [0, 0.1) is 24.0 Å². The number of aromatic nitrogens is 2. The van der Waals surface area contributed by atoms with Crippen molar-refractivity contribution in [3.05, 3.63) is 61.0 Å². The van der Waals surface area contributed by atoms with Crippen molar-refractivity contribution in [3.63, 3.8) is 0 Å². The Balaban J connectivity index is 1.79. The van der Waals surface area contributed by atoms with E-state index in [1.54, 1.807) is 40.8 Å². The van der Waals surface area contributed by atoms with Gasteiger partial charge < -0.3 is 4.90 Å². The molecule has 3 rings (SSSR count). The van der Waals surface area contributed by atoms with Gasteiger partial charge in [-0.2, -0.15) is 0 Å². The minimum absolute atomic E-state index is 0.0235. The van der Waals surface area contributed by atoms with Gasteiger partial charge >= 0.3 is 0 Å². The average molecular weight is 403 g/mol. The van der Waals surface area contributed by atoms with Gasteiger partial charge in [-0.3, -0.25) is 14.9 Å². The third-order valence-corrected chi connectivity index (χ3v) is 6.40. The summed E-state index contributed by atoms with van der Waals surface area (Å²) >= 11 is 2.93. The summed E-state index contributed by atoms with van der Waals surface area (Å²) in [6.45, 7) is 5.87. The molecule has 27 heavy (non-hydrogen) atoms. The van der Waals surface area contributed by atoms with Gasteiger partial charge in [-0.05, 0) is 32.9 Å². The van der Waals surface area contributed by atoms with E-state index in [1.165, 1.54) is 23.5 Å². The fraction of sp³-hybridized carbons (Fsp3) is 0.278. The molecule has 1 amide bonds. The number of nitro benzene ring substituents is 1. The van der Waals surface area contributed by atoms with Crippen molar-refractivity contribution in [1.29, 1.82) is 0 Å². The van der Waals surface area contributed by atoms with Gasteiger partial charge in [0.15, 0.2) is 0 Å². The maximum absolute atomic E-state index is 12.8. The summed E-state index contributed by atoms with van der Waals surface area (Å²) in [4.78, 5) is 34.7. The molecular weight excluding hydrogens is 384 g/mol. The molecule has 7 nitrogen and oxygen atoms in total. The van der Waals surface area contributed by atoms with E-state index in [4.69, 9.17) is 0 Å². The molecule has 1 aromatic carbocycles. The third kappa shape index (κ3) is 3.88. The van der Waals surface area contributed by atoms with Crippen LogP contribution in [0.4, 0.5) is 5.69 Å². The van der Waals surface area contributed by atoms with Crippen molar-refractivity contribution in [1.82, 2.24) is 14.9 Å². The molecule has 0 saturated carbocycles. The molecule has 0 bridgehead atoms. The second-order valence-electron chi connectivity index (χ2n) is 6.12. The van der Waals surface area contributed by atoms with Crippen LogP contribution in [0.2, 0.25) is 0 Å². The Morgan fingerprint density at radius 2 is 1.89 bits per heavy atom. The molecule has 2 heterocycles. The van der Waals surface area contributed by atoms with Crippen molar-refractivity contribution >= 4 is 34.3 Å². The van der Waals surface area contributed by atoms with Crippen LogP contribution in [0.15, 0.2) is 29.6 Å². The highest BCUT2D eigenvalue weighted by atomic mass is 32.1. The molecule has 2 aromatic heterocycles. The number of amides is 1. The standard InChI is InChI=1S/C18H18N4O3S2/c1-10-16(27-12(3)19-10)11(2)21(4)18(23)15-9-26-17(20-15)13-5-7-14(8-6-13)22(24)25/h5-9,11H,1-4H3/t11-/m1/s1. The van der Waals surface area contributed by atoms with Crippen LogP contribution in [0.5, 0.6) is 0 Å². The second kappa shape index (κ2) is 7.53. The highest BCUT2D eigenvalue weighted by Crippen LogP contribution is 2.30. The number of benzene rings is 1. The summed E-state index contributed by atoms with van der Waals surface area (Å²) < 4.78 is 0. The average Bonchev–Trinajstić information content (AvgIpc) is 3.26. The van der Waals surface area contributed by atoms with E-state index < -0.39 is 4.92 Å². The quantitative estimate of drug-likeness (QED) is 0.459. The number of rotatable bonds is 5. The van der Waals surface area contributed by atoms with Gasteiger partial charge in [0.2, 0.25) is 0 Å². The lowest BCUT2D eigenvalue weighted by Gasteiger charge is -2.23. The van der Waals surface area contributed by atoms with Crippen molar-refractivity contribution in [2.24, 2.45) is 0 Å². The predicted molar refractivity (Wildman–Crippen MR) is 106 cm³/mol. The lowest BCUT2D eigenvalue weighted by molar-refractivity contribution is -0.384. The normalized spacial score (nSPS) is 12.0. The number of hydrogen-bond acceptors (Lipinski definition) is 7. The van der Waals surface area contributed by atoms with Gasteiger partial charge in [0.25, 0.3) is 11.6 Å². The Bertz CT molecular complexity index is 994. The smallest absolute Gasteiger partial charge is 0.273 e. The number of thiazole rings is 2. The largest absolute Gasteiger partial charge is 0.333 e. The third-order valence-electron chi connectivity index (χ3n) is 4.27. The van der Waals surface area contributed by atoms with Gasteiger partial charge in [-0.25, -0.2) is 9.97 Å². The first kappa shape index (κ1) is 19.1. The highest BCUT2D eigenvalue weighted by Gasteiger charge is 2.24. The van der Waals surface area contributed by atoms with Crippen LogP contribution in [0.3, 0.4) is 0 Å². The first-order valence-corrected chi connectivity index (χ1v) is 9.89. The molecule has 0 aliphatic heterocycles. The molecule has 0 unspecified atom stereocenters. The number of hydrogen-bond donors (Lipinski definition) is 0. The van der Waals surface area contributed by atoms with Crippen LogP contribution in [0.1, 0.15) is 39.0 Å². The lowest BCUT2D eigenvalue weighted by Crippen LogP contribution is -2.29. The molecule has 1 atom stereocenters. The highest BCUT2D eigenvalue weighted by molar-refractivity contribution is 7.13. The maximum Gasteiger partial charge on any atom is 0.273 e. The predicted octanol–water partition coefficient (Wildman–Crippen LogP) is 4.62. The van der Waals surface area contributed by atoms with Crippen molar-refractivity contribution in [2.75, 3.05) is 7.05 Å². The molecule has 0 saturated heterocycles. The van der Waals surface area contributed by atoms with E-state index in [0.717, 1.165) is 21.1 Å². The molecule has 0 fully saturated rings. The fourth-order valence-corrected chi connectivity index (χ4v) is 4.52. The summed E-state index contributed by atoms with van der Waals surface area (Å²) in [5.41, 5.74) is 2.07. The van der Waals surface area contributed by atoms with E-state index in [1.807, 2.05) is 20.8 Å². The molecule has 140 valence electrons. The van der Waals surface area contributed by atoms with Crippen molar-refractivity contribution in [2.45, 2.75) is 26.8 Å². The van der Waals surface area contributed by atoms with Crippen LogP contribution >= 0.6 is 22.7 Å². The number of carbonyl (C=O) groups excluding carboxylic acids is 1. The molecule has 0 aliphatic rings. The monoisotopic (exact) mass is 402 g/mol. The summed E-state index contributed by atoms with van der Waals surface area (Å²) in [7, 11) is 1.76. The number of aryl methyl sites for hydroxylation is 2. The Morgan fingerprint density at radius 1 is 1.22 bits per heavy atom. The van der Waals surface area contributed by atoms with Crippen LogP contribution in [-0.4, -0.2) is 32.7 Å². The van der Waals surface area contributed by atoms with E-state index in [9.17, 15) is 14.9 Å². The molecular formula is C18H18N4O3S2. The zero-order valence-electron chi connectivity index (χ0n) is 15.3. The van der Waals surface area contributed by atoms with Crippen LogP contribution in [0.25, 0.3) is 10.6 Å². The first-order valence-electron chi connectivity index (χ1n) is 8.19. The second-order valence-corrected chi connectivity index (χ2v) is 8.21. The number of carbonyl (C=O) groups is 1. The lowest BCUT2D eigenvalue weighted by atomic mass is 10.2. The van der Waals surface area contributed by atoms with E-state index >= 15 is 0 Å². The van der Waals surface area contributed by atoms with Crippen LogP contribution < -0.4 is 0 Å². The summed E-state index contributed by atoms with van der Waals surface area (Å²) in [5.74, 6) is -0.169. The van der Waals surface area contributed by atoms with E-state index in [0.29, 0.717) is 10.7 Å². The minimum atomic E-state index is -0.444. The zero-order chi connectivity index (χ0) is 19.7. The zero-order valence-corrected chi connectivity index (χ0v) is 16.9.